The zero-order valence-corrected chi connectivity index (χ0v) is 13.2. The molecule has 1 amide bonds. The van der Waals surface area contributed by atoms with Crippen molar-refractivity contribution in [2.75, 3.05) is 25.5 Å². The number of rotatable bonds is 6. The number of hydrogen-bond donors (Lipinski definition) is 1. The standard InChI is InChI=1S/C17H21N3O2/c1-4-20(5-2)17(21)16-10-9-14(12-18-16)19-13-7-6-8-15(11-13)22-3/h6-12,19H,4-5H2,1-3H3. The summed E-state index contributed by atoms with van der Waals surface area (Å²) in [5.74, 6) is 0.740. The van der Waals surface area contributed by atoms with E-state index in [-0.39, 0.29) is 5.91 Å². The van der Waals surface area contributed by atoms with Gasteiger partial charge in [-0.2, -0.15) is 0 Å². The van der Waals surface area contributed by atoms with Gasteiger partial charge in [0.05, 0.1) is 19.0 Å². The van der Waals surface area contributed by atoms with Gasteiger partial charge in [-0.3, -0.25) is 4.79 Å². The molecule has 5 nitrogen and oxygen atoms in total. The zero-order valence-electron chi connectivity index (χ0n) is 13.2. The first-order chi connectivity index (χ1) is 10.7. The number of carbonyl (C=O) groups excluding carboxylic acids is 1. The number of hydrogen-bond acceptors (Lipinski definition) is 4. The van der Waals surface area contributed by atoms with Gasteiger partial charge in [-0.1, -0.05) is 6.07 Å². The summed E-state index contributed by atoms with van der Waals surface area (Å²) in [4.78, 5) is 18.2. The number of carbonyl (C=O) groups is 1. The van der Waals surface area contributed by atoms with Crippen LogP contribution in [0.15, 0.2) is 42.6 Å². The van der Waals surface area contributed by atoms with Crippen molar-refractivity contribution in [3.8, 4) is 5.75 Å². The van der Waals surface area contributed by atoms with E-state index in [1.807, 2.05) is 44.2 Å². The van der Waals surface area contributed by atoms with Crippen molar-refractivity contribution in [1.29, 1.82) is 0 Å². The Balaban J connectivity index is 2.10. The lowest BCUT2D eigenvalue weighted by atomic mass is 10.2. The molecule has 0 bridgehead atoms. The first-order valence-electron chi connectivity index (χ1n) is 7.34. The van der Waals surface area contributed by atoms with Crippen LogP contribution in [0.25, 0.3) is 0 Å². The van der Waals surface area contributed by atoms with Gasteiger partial charge in [0, 0.05) is 24.8 Å². The number of amides is 1. The fraction of sp³-hybridized carbons (Fsp3) is 0.294. The van der Waals surface area contributed by atoms with E-state index in [1.54, 1.807) is 24.3 Å². The Morgan fingerprint density at radius 3 is 2.55 bits per heavy atom. The Bertz CT molecular complexity index is 622. The highest BCUT2D eigenvalue weighted by Crippen LogP contribution is 2.21. The molecule has 2 rings (SSSR count). The number of ether oxygens (including phenoxy) is 1. The molecule has 1 N–H and O–H groups in total. The molecule has 0 radical (unpaired) electrons. The topological polar surface area (TPSA) is 54.5 Å². The van der Waals surface area contributed by atoms with Crippen molar-refractivity contribution in [1.82, 2.24) is 9.88 Å². The summed E-state index contributed by atoms with van der Waals surface area (Å²) in [5, 5.41) is 3.23. The molecule has 1 heterocycles. The third-order valence-corrected chi connectivity index (χ3v) is 3.39. The Labute approximate surface area is 130 Å². The maximum absolute atomic E-state index is 12.2. The van der Waals surface area contributed by atoms with Crippen LogP contribution in [0.4, 0.5) is 11.4 Å². The number of anilines is 2. The van der Waals surface area contributed by atoms with E-state index < -0.39 is 0 Å². The zero-order chi connectivity index (χ0) is 15.9. The molecule has 0 fully saturated rings. The highest BCUT2D eigenvalue weighted by molar-refractivity contribution is 5.92. The third kappa shape index (κ3) is 3.75. The predicted octanol–water partition coefficient (Wildman–Crippen LogP) is 3.32. The van der Waals surface area contributed by atoms with Gasteiger partial charge in [-0.05, 0) is 38.1 Å². The number of benzene rings is 1. The second-order valence-electron chi connectivity index (χ2n) is 4.77. The molecule has 5 heteroatoms. The average molecular weight is 299 g/mol. The first kappa shape index (κ1) is 15.8. The summed E-state index contributed by atoms with van der Waals surface area (Å²) in [7, 11) is 1.63. The molecule has 0 saturated carbocycles. The largest absolute Gasteiger partial charge is 0.497 e. The van der Waals surface area contributed by atoms with E-state index in [4.69, 9.17) is 4.74 Å². The van der Waals surface area contributed by atoms with E-state index in [0.717, 1.165) is 17.1 Å². The van der Waals surface area contributed by atoms with Crippen molar-refractivity contribution >= 4 is 17.3 Å². The molecule has 1 aromatic carbocycles. The highest BCUT2D eigenvalue weighted by atomic mass is 16.5. The van der Waals surface area contributed by atoms with Crippen LogP contribution in [-0.2, 0) is 0 Å². The lowest BCUT2D eigenvalue weighted by Gasteiger charge is -2.18. The summed E-state index contributed by atoms with van der Waals surface area (Å²) in [6.45, 7) is 5.28. The fourth-order valence-electron chi connectivity index (χ4n) is 2.13. The minimum absolute atomic E-state index is 0.0436. The van der Waals surface area contributed by atoms with E-state index in [0.29, 0.717) is 18.8 Å². The number of pyridine rings is 1. The molecular weight excluding hydrogens is 278 g/mol. The molecule has 0 spiro atoms. The van der Waals surface area contributed by atoms with Crippen LogP contribution >= 0.6 is 0 Å². The first-order valence-corrected chi connectivity index (χ1v) is 7.34. The van der Waals surface area contributed by atoms with Gasteiger partial charge in [-0.15, -0.1) is 0 Å². The normalized spacial score (nSPS) is 10.1. The number of aromatic nitrogens is 1. The molecule has 1 aromatic heterocycles. The lowest BCUT2D eigenvalue weighted by Crippen LogP contribution is -2.31. The van der Waals surface area contributed by atoms with Gasteiger partial charge in [0.2, 0.25) is 0 Å². The molecule has 116 valence electrons. The second-order valence-corrected chi connectivity index (χ2v) is 4.77. The van der Waals surface area contributed by atoms with Crippen LogP contribution < -0.4 is 10.1 Å². The quantitative estimate of drug-likeness (QED) is 0.889. The molecule has 0 aliphatic carbocycles. The van der Waals surface area contributed by atoms with Crippen LogP contribution in [0.5, 0.6) is 5.75 Å². The van der Waals surface area contributed by atoms with E-state index >= 15 is 0 Å². The van der Waals surface area contributed by atoms with Gasteiger partial charge in [0.1, 0.15) is 11.4 Å². The minimum atomic E-state index is -0.0436. The lowest BCUT2D eigenvalue weighted by molar-refractivity contribution is 0.0767. The Hall–Kier alpha value is -2.56. The van der Waals surface area contributed by atoms with Crippen molar-refractivity contribution in [2.45, 2.75) is 13.8 Å². The summed E-state index contributed by atoms with van der Waals surface area (Å²) in [6, 6.07) is 11.2. The molecular formula is C17H21N3O2. The van der Waals surface area contributed by atoms with Gasteiger partial charge >= 0.3 is 0 Å². The number of nitrogens with zero attached hydrogens (tertiary/aromatic N) is 2. The van der Waals surface area contributed by atoms with Crippen LogP contribution in [0.2, 0.25) is 0 Å². The van der Waals surface area contributed by atoms with E-state index in [9.17, 15) is 4.79 Å². The Morgan fingerprint density at radius 1 is 1.18 bits per heavy atom. The SMILES string of the molecule is CCN(CC)C(=O)c1ccc(Nc2cccc(OC)c2)cn1. The molecule has 0 atom stereocenters. The smallest absolute Gasteiger partial charge is 0.272 e. The maximum Gasteiger partial charge on any atom is 0.272 e. The summed E-state index contributed by atoms with van der Waals surface area (Å²) >= 11 is 0. The molecule has 0 unspecified atom stereocenters. The average Bonchev–Trinajstić information content (AvgIpc) is 2.56. The van der Waals surface area contributed by atoms with Crippen LogP contribution in [-0.4, -0.2) is 36.0 Å². The Kier molecular flexibility index (Phi) is 5.36. The molecule has 22 heavy (non-hydrogen) atoms. The minimum Gasteiger partial charge on any atom is -0.497 e. The summed E-state index contributed by atoms with van der Waals surface area (Å²) < 4.78 is 5.19. The Morgan fingerprint density at radius 2 is 1.95 bits per heavy atom. The maximum atomic E-state index is 12.2. The van der Waals surface area contributed by atoms with Crippen molar-refractivity contribution in [3.63, 3.8) is 0 Å². The molecule has 0 aliphatic rings. The molecule has 2 aromatic rings. The predicted molar refractivity (Wildman–Crippen MR) is 87.8 cm³/mol. The third-order valence-electron chi connectivity index (χ3n) is 3.39. The van der Waals surface area contributed by atoms with Gasteiger partial charge in [-0.25, -0.2) is 4.98 Å². The van der Waals surface area contributed by atoms with E-state index in [2.05, 4.69) is 10.3 Å². The monoisotopic (exact) mass is 299 g/mol. The summed E-state index contributed by atoms with van der Waals surface area (Å²) in [5.41, 5.74) is 2.19. The van der Waals surface area contributed by atoms with Gasteiger partial charge < -0.3 is 15.0 Å². The molecule has 0 aliphatic heterocycles. The highest BCUT2D eigenvalue weighted by Gasteiger charge is 2.13. The van der Waals surface area contributed by atoms with Crippen molar-refractivity contribution in [3.05, 3.63) is 48.3 Å². The van der Waals surface area contributed by atoms with Gasteiger partial charge in [0.15, 0.2) is 0 Å². The van der Waals surface area contributed by atoms with Crippen molar-refractivity contribution < 1.29 is 9.53 Å². The van der Waals surface area contributed by atoms with Crippen LogP contribution in [0.1, 0.15) is 24.3 Å². The van der Waals surface area contributed by atoms with Gasteiger partial charge in [0.25, 0.3) is 5.91 Å². The number of methoxy groups -OCH3 is 1. The van der Waals surface area contributed by atoms with Crippen molar-refractivity contribution in [2.24, 2.45) is 0 Å². The number of nitrogens with one attached hydrogen (secondary N) is 1. The van der Waals surface area contributed by atoms with Crippen LogP contribution in [0.3, 0.4) is 0 Å². The van der Waals surface area contributed by atoms with E-state index in [1.165, 1.54) is 0 Å². The summed E-state index contributed by atoms with van der Waals surface area (Å²) in [6.07, 6.45) is 1.66. The second kappa shape index (κ2) is 7.45. The van der Waals surface area contributed by atoms with Crippen LogP contribution in [0, 0.1) is 0 Å². The fourth-order valence-corrected chi connectivity index (χ4v) is 2.13. The molecule has 0 saturated heterocycles.